The van der Waals surface area contributed by atoms with Crippen molar-refractivity contribution in [1.82, 2.24) is 5.32 Å². The summed E-state index contributed by atoms with van der Waals surface area (Å²) in [6.07, 6.45) is 0. The molecule has 0 fully saturated rings. The number of anilines is 1. The van der Waals surface area contributed by atoms with E-state index in [1.54, 1.807) is 48.5 Å². The fraction of sp³-hybridized carbons (Fsp3) is 0.409. The van der Waals surface area contributed by atoms with Gasteiger partial charge in [-0.3, -0.25) is 9.10 Å². The van der Waals surface area contributed by atoms with E-state index < -0.39 is 10.0 Å². The predicted molar refractivity (Wildman–Crippen MR) is 116 cm³/mol. The van der Waals surface area contributed by atoms with Crippen molar-refractivity contribution in [2.45, 2.75) is 45.6 Å². The number of amides is 1. The lowest BCUT2D eigenvalue weighted by Crippen LogP contribution is -2.45. The maximum absolute atomic E-state index is 13.3. The van der Waals surface area contributed by atoms with Crippen molar-refractivity contribution in [3.63, 3.8) is 0 Å². The topological polar surface area (TPSA) is 75.7 Å². The summed E-state index contributed by atoms with van der Waals surface area (Å²) in [5.41, 5.74) is 1.36. The van der Waals surface area contributed by atoms with E-state index in [1.807, 2.05) is 34.6 Å². The normalized spacial score (nSPS) is 12.5. The summed E-state index contributed by atoms with van der Waals surface area (Å²) in [4.78, 5) is 12.7. The number of carbonyl (C=O) groups excluding carboxylic acids is 1. The number of aryl methyl sites for hydroxylation is 1. The van der Waals surface area contributed by atoms with Crippen LogP contribution in [0, 0.1) is 12.8 Å². The molecule has 1 atom stereocenters. The summed E-state index contributed by atoms with van der Waals surface area (Å²) in [7, 11) is -3.92. The van der Waals surface area contributed by atoms with Crippen molar-refractivity contribution < 1.29 is 17.9 Å². The van der Waals surface area contributed by atoms with E-state index in [4.69, 9.17) is 4.74 Å². The highest BCUT2D eigenvalue weighted by Crippen LogP contribution is 2.26. The summed E-state index contributed by atoms with van der Waals surface area (Å²) in [6, 6.07) is 13.2. The molecule has 0 spiro atoms. The highest BCUT2D eigenvalue weighted by atomic mass is 32.2. The van der Waals surface area contributed by atoms with Gasteiger partial charge in [0.1, 0.15) is 12.3 Å². The Hall–Kier alpha value is -2.54. The highest BCUT2D eigenvalue weighted by molar-refractivity contribution is 7.92. The van der Waals surface area contributed by atoms with Crippen LogP contribution in [0.25, 0.3) is 0 Å². The Kier molecular flexibility index (Phi) is 7.67. The minimum atomic E-state index is -3.92. The summed E-state index contributed by atoms with van der Waals surface area (Å²) in [5, 5.41) is 2.87. The Morgan fingerprint density at radius 1 is 1.03 bits per heavy atom. The Balaban J connectivity index is 2.39. The van der Waals surface area contributed by atoms with Gasteiger partial charge in [0.05, 0.1) is 17.2 Å². The Morgan fingerprint density at radius 2 is 1.62 bits per heavy atom. The monoisotopic (exact) mass is 418 g/mol. The van der Waals surface area contributed by atoms with Gasteiger partial charge < -0.3 is 10.1 Å². The summed E-state index contributed by atoms with van der Waals surface area (Å²) in [6.45, 7) is 9.87. The summed E-state index contributed by atoms with van der Waals surface area (Å²) >= 11 is 0. The van der Waals surface area contributed by atoms with Crippen molar-refractivity contribution in [2.24, 2.45) is 5.92 Å². The molecule has 2 aromatic carbocycles. The van der Waals surface area contributed by atoms with Gasteiger partial charge in [-0.1, -0.05) is 31.5 Å². The molecule has 0 aliphatic carbocycles. The molecule has 1 amide bonds. The third kappa shape index (κ3) is 5.97. The van der Waals surface area contributed by atoms with Crippen LogP contribution in [-0.4, -0.2) is 33.5 Å². The van der Waals surface area contributed by atoms with Gasteiger partial charge in [0.2, 0.25) is 5.91 Å². The molecule has 1 N–H and O–H groups in total. The fourth-order valence-electron chi connectivity index (χ4n) is 2.62. The van der Waals surface area contributed by atoms with Crippen molar-refractivity contribution in [3.05, 3.63) is 54.1 Å². The number of nitrogens with zero attached hydrogens (tertiary/aromatic N) is 1. The molecule has 0 bridgehead atoms. The third-order valence-electron chi connectivity index (χ3n) is 4.72. The molecular weight excluding hydrogens is 388 g/mol. The second-order valence-corrected chi connectivity index (χ2v) is 9.21. The second-order valence-electron chi connectivity index (χ2n) is 7.35. The second kappa shape index (κ2) is 9.78. The van der Waals surface area contributed by atoms with Gasteiger partial charge in [0, 0.05) is 6.04 Å². The molecule has 0 saturated heterocycles. The number of hydrogen-bond donors (Lipinski definition) is 1. The van der Waals surface area contributed by atoms with Crippen molar-refractivity contribution >= 4 is 21.6 Å². The number of sulfonamides is 1. The molecule has 0 heterocycles. The molecule has 29 heavy (non-hydrogen) atoms. The molecule has 2 rings (SSSR count). The van der Waals surface area contributed by atoms with Crippen LogP contribution >= 0.6 is 0 Å². The van der Waals surface area contributed by atoms with Gasteiger partial charge in [-0.25, -0.2) is 8.42 Å². The first-order chi connectivity index (χ1) is 13.6. The minimum Gasteiger partial charge on any atom is -0.494 e. The van der Waals surface area contributed by atoms with Crippen LogP contribution in [0.15, 0.2) is 53.4 Å². The van der Waals surface area contributed by atoms with Crippen molar-refractivity contribution in [2.75, 3.05) is 17.5 Å². The van der Waals surface area contributed by atoms with Gasteiger partial charge in [0.25, 0.3) is 10.0 Å². The first-order valence-electron chi connectivity index (χ1n) is 9.76. The Labute approximate surface area is 173 Å². The van der Waals surface area contributed by atoms with Gasteiger partial charge in [0.15, 0.2) is 0 Å². The predicted octanol–water partition coefficient (Wildman–Crippen LogP) is 3.75. The molecule has 0 radical (unpaired) electrons. The molecule has 158 valence electrons. The number of benzene rings is 2. The first kappa shape index (κ1) is 22.7. The number of hydrogen-bond acceptors (Lipinski definition) is 4. The van der Waals surface area contributed by atoms with E-state index in [2.05, 4.69) is 5.32 Å². The maximum atomic E-state index is 13.3. The average molecular weight is 419 g/mol. The van der Waals surface area contributed by atoms with Crippen molar-refractivity contribution in [3.8, 4) is 5.75 Å². The lowest BCUT2D eigenvalue weighted by molar-refractivity contribution is -0.120. The van der Waals surface area contributed by atoms with E-state index in [1.165, 1.54) is 0 Å². The molecule has 6 nitrogen and oxygen atoms in total. The minimum absolute atomic E-state index is 0.0632. The van der Waals surface area contributed by atoms with Crippen LogP contribution in [0.2, 0.25) is 0 Å². The molecular formula is C22H30N2O4S. The van der Waals surface area contributed by atoms with Crippen LogP contribution in [0.4, 0.5) is 5.69 Å². The quantitative estimate of drug-likeness (QED) is 0.673. The Bertz CT molecular complexity index is 907. The lowest BCUT2D eigenvalue weighted by Gasteiger charge is -2.26. The van der Waals surface area contributed by atoms with Gasteiger partial charge in [-0.15, -0.1) is 0 Å². The molecule has 0 aliphatic heterocycles. The molecule has 7 heteroatoms. The first-order valence-corrected chi connectivity index (χ1v) is 11.2. The third-order valence-corrected chi connectivity index (χ3v) is 6.51. The smallest absolute Gasteiger partial charge is 0.264 e. The van der Waals surface area contributed by atoms with Crippen LogP contribution in [0.1, 0.15) is 33.3 Å². The highest BCUT2D eigenvalue weighted by Gasteiger charge is 2.27. The zero-order valence-electron chi connectivity index (χ0n) is 17.7. The summed E-state index contributed by atoms with van der Waals surface area (Å²) < 4.78 is 33.2. The molecule has 0 aromatic heterocycles. The number of nitrogens with one attached hydrogen (secondary N) is 1. The van der Waals surface area contributed by atoms with Crippen LogP contribution in [0.3, 0.4) is 0 Å². The Morgan fingerprint density at radius 3 is 2.14 bits per heavy atom. The lowest BCUT2D eigenvalue weighted by atomic mass is 10.1. The van der Waals surface area contributed by atoms with Crippen LogP contribution in [-0.2, 0) is 14.8 Å². The van der Waals surface area contributed by atoms with Crippen molar-refractivity contribution in [1.29, 1.82) is 0 Å². The number of ether oxygens (including phenoxy) is 1. The average Bonchev–Trinajstić information content (AvgIpc) is 2.67. The zero-order valence-corrected chi connectivity index (χ0v) is 18.5. The van der Waals surface area contributed by atoms with Crippen LogP contribution in [0.5, 0.6) is 5.75 Å². The maximum Gasteiger partial charge on any atom is 0.264 e. The van der Waals surface area contributed by atoms with E-state index in [9.17, 15) is 13.2 Å². The van der Waals surface area contributed by atoms with Gasteiger partial charge in [-0.2, -0.15) is 0 Å². The van der Waals surface area contributed by atoms with E-state index in [0.29, 0.717) is 18.0 Å². The fourth-order valence-corrected chi connectivity index (χ4v) is 4.05. The molecule has 0 aliphatic rings. The number of rotatable bonds is 9. The molecule has 1 unspecified atom stereocenters. The molecule has 0 saturated carbocycles. The number of carbonyl (C=O) groups is 1. The summed E-state index contributed by atoms with van der Waals surface area (Å²) in [5.74, 6) is 0.532. The van der Waals surface area contributed by atoms with Crippen LogP contribution < -0.4 is 14.4 Å². The largest absolute Gasteiger partial charge is 0.494 e. The van der Waals surface area contributed by atoms with E-state index in [0.717, 1.165) is 9.87 Å². The molecule has 2 aromatic rings. The zero-order chi connectivity index (χ0) is 21.6. The van der Waals surface area contributed by atoms with Gasteiger partial charge in [-0.05, 0) is 63.1 Å². The SMILES string of the molecule is CCOc1ccc(N(CC(=O)NC(C)C(C)C)S(=O)(=O)c2ccc(C)cc2)cc1. The van der Waals surface area contributed by atoms with Gasteiger partial charge >= 0.3 is 0 Å². The van der Waals surface area contributed by atoms with E-state index in [-0.39, 0.29) is 29.3 Å². The standard InChI is InChI=1S/C22H30N2O4S/c1-6-28-20-11-9-19(10-12-20)24(15-22(25)23-18(5)16(2)3)29(26,27)21-13-7-17(4)8-14-21/h7-14,16,18H,6,15H2,1-5H3,(H,23,25). The van der Waals surface area contributed by atoms with E-state index >= 15 is 0 Å².